The number of hydrogen-bond donors (Lipinski definition) is 1. The number of benzene rings is 1. The topological polar surface area (TPSA) is 89.9 Å². The zero-order valence-corrected chi connectivity index (χ0v) is 41.0. The summed E-state index contributed by atoms with van der Waals surface area (Å²) in [7, 11) is 1.54. The third kappa shape index (κ3) is 9.23. The van der Waals surface area contributed by atoms with Crippen molar-refractivity contribution in [2.75, 3.05) is 7.11 Å². The van der Waals surface area contributed by atoms with Gasteiger partial charge < -0.3 is 14.6 Å². The minimum Gasteiger partial charge on any atom is -0.481 e. The molecular weight excluding hydrogens is 733 g/mol. The molecule has 1 fully saturated rings. The normalized spacial score (nSPS) is 20.2. The average molecular weight is 825 g/mol. The van der Waals surface area contributed by atoms with Crippen molar-refractivity contribution in [2.45, 2.75) is 219 Å². The molecule has 1 aliphatic carbocycles. The number of carboxylic acid groups (broad SMARTS) is 1. The first-order chi connectivity index (χ1) is 28.0. The van der Waals surface area contributed by atoms with E-state index < -0.39 is 44.9 Å². The first-order valence-electron chi connectivity index (χ1n) is 24.5. The second-order valence-corrected chi connectivity index (χ2v) is 19.4. The zero-order valence-electron chi connectivity index (χ0n) is 41.0. The largest absolute Gasteiger partial charge is 0.481 e. The van der Waals surface area contributed by atoms with Gasteiger partial charge in [-0.2, -0.15) is 0 Å². The van der Waals surface area contributed by atoms with Gasteiger partial charge in [0.05, 0.1) is 24.4 Å². The van der Waals surface area contributed by atoms with E-state index in [0.29, 0.717) is 25.2 Å². The number of carbonyl (C=O) groups excluding carboxylic acids is 2. The molecule has 1 aromatic carbocycles. The maximum Gasteiger partial charge on any atom is 0.313 e. The van der Waals surface area contributed by atoms with E-state index in [1.807, 2.05) is 30.3 Å². The molecule has 1 N–H and O–H groups in total. The fraction of sp³-hybridized carbons (Fsp3) is 0.830. The summed E-state index contributed by atoms with van der Waals surface area (Å²) in [4.78, 5) is 44.0. The Kier molecular flexibility index (Phi) is 19.8. The summed E-state index contributed by atoms with van der Waals surface area (Å²) in [6.07, 6.45) is 14.5. The summed E-state index contributed by atoms with van der Waals surface area (Å²) in [6, 6.07) is 10.0. The second-order valence-electron chi connectivity index (χ2n) is 19.4. The quantitative estimate of drug-likeness (QED) is 0.0809. The molecule has 59 heavy (non-hydrogen) atoms. The fourth-order valence-corrected chi connectivity index (χ4v) is 14.4. The molecule has 6 heteroatoms. The number of esters is 2. The van der Waals surface area contributed by atoms with Crippen molar-refractivity contribution < 1.29 is 29.0 Å². The molecular formula is C53H92O6. The lowest BCUT2D eigenvalue weighted by Gasteiger charge is -2.66. The lowest BCUT2D eigenvalue weighted by Crippen LogP contribution is -2.64. The van der Waals surface area contributed by atoms with Gasteiger partial charge in [0.1, 0.15) is 6.61 Å². The van der Waals surface area contributed by atoms with Crippen molar-refractivity contribution in [3.05, 3.63) is 35.9 Å². The molecule has 2 rings (SSSR count). The minimum absolute atomic E-state index is 0.0741. The summed E-state index contributed by atoms with van der Waals surface area (Å²) in [5.74, 6) is -1.65. The standard InChI is InChI=1S/C53H92O6/c1-16-41(17-2)52(28-13)34-35-53(52,46(57)59-38-40-32-30-29-31-33-40)39-49(22-7,23-8)51(26-11,27-12)43(45(56)58-15)37-48(20-5,21-6)50(24-9,25-10)42(44(54)55)36-47(14,18-3)19-4/h29-33,41-43H,16-28,34-39H2,1-15H3,(H,54,55). The number of hydrogen-bond acceptors (Lipinski definition) is 5. The van der Waals surface area contributed by atoms with Gasteiger partial charge in [-0.05, 0) is 134 Å². The predicted octanol–water partition coefficient (Wildman–Crippen LogP) is 15.1. The molecule has 6 nitrogen and oxygen atoms in total. The molecule has 340 valence electrons. The predicted molar refractivity (Wildman–Crippen MR) is 246 cm³/mol. The number of methoxy groups -OCH3 is 1. The first-order valence-corrected chi connectivity index (χ1v) is 24.5. The molecule has 0 heterocycles. The fourth-order valence-electron chi connectivity index (χ4n) is 14.4. The Morgan fingerprint density at radius 1 is 0.661 bits per heavy atom. The molecule has 1 saturated carbocycles. The van der Waals surface area contributed by atoms with Gasteiger partial charge >= 0.3 is 17.9 Å². The van der Waals surface area contributed by atoms with E-state index in [2.05, 4.69) is 96.9 Å². The van der Waals surface area contributed by atoms with E-state index in [-0.39, 0.29) is 29.4 Å². The van der Waals surface area contributed by atoms with Crippen molar-refractivity contribution in [1.29, 1.82) is 0 Å². The van der Waals surface area contributed by atoms with Crippen LogP contribution in [0.1, 0.15) is 218 Å². The third-order valence-electron chi connectivity index (χ3n) is 19.1. The van der Waals surface area contributed by atoms with E-state index in [1.165, 1.54) is 7.11 Å². The molecule has 0 radical (unpaired) electrons. The van der Waals surface area contributed by atoms with Gasteiger partial charge in [0.15, 0.2) is 0 Å². The Labute approximate surface area is 363 Å². The number of carboxylic acids is 1. The molecule has 1 aromatic rings. The van der Waals surface area contributed by atoms with Gasteiger partial charge in [0, 0.05) is 0 Å². The van der Waals surface area contributed by atoms with E-state index in [0.717, 1.165) is 102 Å². The molecule has 4 unspecified atom stereocenters. The van der Waals surface area contributed by atoms with Crippen molar-refractivity contribution in [3.8, 4) is 0 Å². The van der Waals surface area contributed by atoms with Crippen LogP contribution >= 0.6 is 0 Å². The Bertz CT molecular complexity index is 1420. The second kappa shape index (κ2) is 22.1. The van der Waals surface area contributed by atoms with Crippen LogP contribution in [0.25, 0.3) is 0 Å². The smallest absolute Gasteiger partial charge is 0.313 e. The van der Waals surface area contributed by atoms with Crippen LogP contribution in [0.4, 0.5) is 0 Å². The van der Waals surface area contributed by atoms with Crippen LogP contribution in [0.15, 0.2) is 30.3 Å². The van der Waals surface area contributed by atoms with Gasteiger partial charge in [-0.3, -0.25) is 14.4 Å². The highest BCUT2D eigenvalue weighted by atomic mass is 16.5. The van der Waals surface area contributed by atoms with Gasteiger partial charge in [-0.1, -0.05) is 153 Å². The SMILES string of the molecule is CCC(CC)C1(CC)CCC1(CC(CC)(CC)C(CC)(CC)C(CC(CC)(CC)C(CC)(CC)C(CC(C)(CC)CC)C(=O)O)C(=O)OC)C(=O)OCc1ccccc1. The monoisotopic (exact) mass is 825 g/mol. The van der Waals surface area contributed by atoms with Crippen LogP contribution in [-0.4, -0.2) is 30.1 Å². The Hall–Kier alpha value is -2.37. The third-order valence-corrected chi connectivity index (χ3v) is 19.1. The number of rotatable bonds is 29. The van der Waals surface area contributed by atoms with E-state index in [9.17, 15) is 14.7 Å². The number of carbonyl (C=O) groups is 3. The lowest BCUT2D eigenvalue weighted by molar-refractivity contribution is -0.217. The Balaban J connectivity index is 3.05. The molecule has 4 atom stereocenters. The summed E-state index contributed by atoms with van der Waals surface area (Å²) in [6.45, 7) is 31.7. The average Bonchev–Trinajstić information content (AvgIpc) is 3.27. The molecule has 0 spiro atoms. The lowest BCUT2D eigenvalue weighted by atomic mass is 9.37. The Morgan fingerprint density at radius 3 is 1.51 bits per heavy atom. The molecule has 0 aliphatic heterocycles. The highest BCUT2D eigenvalue weighted by Crippen LogP contribution is 2.73. The highest BCUT2D eigenvalue weighted by molar-refractivity contribution is 5.80. The number of ether oxygens (including phenoxy) is 2. The highest BCUT2D eigenvalue weighted by Gasteiger charge is 2.70. The van der Waals surface area contributed by atoms with Crippen LogP contribution in [0, 0.1) is 55.7 Å². The first kappa shape index (κ1) is 52.8. The van der Waals surface area contributed by atoms with Crippen LogP contribution in [0.2, 0.25) is 0 Å². The summed E-state index contributed by atoms with van der Waals surface area (Å²) >= 11 is 0. The van der Waals surface area contributed by atoms with Crippen LogP contribution in [0.5, 0.6) is 0 Å². The molecule has 0 saturated heterocycles. The summed E-state index contributed by atoms with van der Waals surface area (Å²) in [5, 5.41) is 11.3. The van der Waals surface area contributed by atoms with Crippen molar-refractivity contribution in [2.24, 2.45) is 55.7 Å². The zero-order chi connectivity index (χ0) is 44.9. The molecule has 0 amide bonds. The van der Waals surface area contributed by atoms with Crippen molar-refractivity contribution in [1.82, 2.24) is 0 Å². The maximum absolute atomic E-state index is 15.3. The van der Waals surface area contributed by atoms with E-state index in [4.69, 9.17) is 9.47 Å². The van der Waals surface area contributed by atoms with Gasteiger partial charge in [0.2, 0.25) is 0 Å². The van der Waals surface area contributed by atoms with Crippen LogP contribution in [0.3, 0.4) is 0 Å². The van der Waals surface area contributed by atoms with Crippen molar-refractivity contribution in [3.63, 3.8) is 0 Å². The van der Waals surface area contributed by atoms with Gasteiger partial charge in [-0.15, -0.1) is 0 Å². The van der Waals surface area contributed by atoms with E-state index in [1.54, 1.807) is 0 Å². The summed E-state index contributed by atoms with van der Waals surface area (Å²) in [5.41, 5.74) is -1.94. The van der Waals surface area contributed by atoms with Gasteiger partial charge in [0.25, 0.3) is 0 Å². The minimum atomic E-state index is -0.713. The van der Waals surface area contributed by atoms with Crippen LogP contribution < -0.4 is 0 Å². The van der Waals surface area contributed by atoms with Gasteiger partial charge in [-0.25, -0.2) is 0 Å². The van der Waals surface area contributed by atoms with Crippen molar-refractivity contribution >= 4 is 17.9 Å². The molecule has 0 bridgehead atoms. The van der Waals surface area contributed by atoms with E-state index >= 15 is 4.79 Å². The van der Waals surface area contributed by atoms with Crippen LogP contribution in [-0.2, 0) is 30.5 Å². The summed E-state index contributed by atoms with van der Waals surface area (Å²) < 4.78 is 12.4. The molecule has 1 aliphatic rings. The number of aliphatic carboxylic acids is 1. The maximum atomic E-state index is 15.3. The molecule has 0 aromatic heterocycles. The Morgan fingerprint density at radius 2 is 1.15 bits per heavy atom.